The van der Waals surface area contributed by atoms with Gasteiger partial charge in [0.05, 0.1) is 17.5 Å². The van der Waals surface area contributed by atoms with E-state index < -0.39 is 6.10 Å². The summed E-state index contributed by atoms with van der Waals surface area (Å²) in [6.45, 7) is 2.19. The Morgan fingerprint density at radius 1 is 1.46 bits per heavy atom. The number of rotatable bonds is 3. The van der Waals surface area contributed by atoms with Gasteiger partial charge in [-0.2, -0.15) is 0 Å². The monoisotopic (exact) mass is 181 g/mol. The third-order valence-corrected chi connectivity index (χ3v) is 1.66. The van der Waals surface area contributed by atoms with Crippen molar-refractivity contribution in [2.75, 3.05) is 23.3 Å². The van der Waals surface area contributed by atoms with Crippen LogP contribution in [-0.4, -0.2) is 17.8 Å². The number of nitrogens with two attached hydrogens (primary N) is 2. The van der Waals surface area contributed by atoms with Crippen molar-refractivity contribution >= 4 is 17.1 Å². The molecule has 1 aromatic carbocycles. The summed E-state index contributed by atoms with van der Waals surface area (Å²) in [4.78, 5) is 0. The van der Waals surface area contributed by atoms with Gasteiger partial charge >= 0.3 is 0 Å². The molecule has 6 N–H and O–H groups in total. The van der Waals surface area contributed by atoms with Gasteiger partial charge in [0.25, 0.3) is 0 Å². The standard InChI is InChI=1S/C9H15N3O/c1-6(13)5-12-9-3-2-7(10)4-8(9)11/h2-4,6,12-13H,5,10-11H2,1H3. The molecule has 0 spiro atoms. The summed E-state index contributed by atoms with van der Waals surface area (Å²) in [5.41, 5.74) is 13.2. The van der Waals surface area contributed by atoms with Crippen molar-refractivity contribution in [1.82, 2.24) is 0 Å². The van der Waals surface area contributed by atoms with Crippen molar-refractivity contribution in [3.8, 4) is 0 Å². The van der Waals surface area contributed by atoms with Crippen LogP contribution in [0.3, 0.4) is 0 Å². The smallest absolute Gasteiger partial charge is 0.0684 e. The van der Waals surface area contributed by atoms with Gasteiger partial charge in [-0.25, -0.2) is 0 Å². The number of nitrogen functional groups attached to an aromatic ring is 2. The highest BCUT2D eigenvalue weighted by Gasteiger charge is 2.00. The van der Waals surface area contributed by atoms with E-state index in [9.17, 15) is 0 Å². The largest absolute Gasteiger partial charge is 0.399 e. The van der Waals surface area contributed by atoms with E-state index in [1.54, 1.807) is 25.1 Å². The molecule has 1 rings (SSSR count). The highest BCUT2D eigenvalue weighted by Crippen LogP contribution is 2.20. The molecule has 0 fully saturated rings. The second-order valence-corrected chi connectivity index (χ2v) is 3.08. The SMILES string of the molecule is CC(O)CNc1ccc(N)cc1N. The maximum absolute atomic E-state index is 9.03. The van der Waals surface area contributed by atoms with E-state index >= 15 is 0 Å². The molecule has 0 aliphatic heterocycles. The van der Waals surface area contributed by atoms with Crippen LogP contribution in [0, 0.1) is 0 Å². The molecular weight excluding hydrogens is 166 g/mol. The lowest BCUT2D eigenvalue weighted by molar-refractivity contribution is 0.208. The number of anilines is 3. The summed E-state index contributed by atoms with van der Waals surface area (Å²) in [6.07, 6.45) is -0.392. The van der Waals surface area contributed by atoms with E-state index in [2.05, 4.69) is 5.32 Å². The molecule has 0 aliphatic carbocycles. The van der Waals surface area contributed by atoms with Gasteiger partial charge in [-0.15, -0.1) is 0 Å². The van der Waals surface area contributed by atoms with E-state index in [-0.39, 0.29) is 0 Å². The van der Waals surface area contributed by atoms with Gasteiger partial charge in [-0.3, -0.25) is 0 Å². The molecule has 72 valence electrons. The van der Waals surface area contributed by atoms with Crippen LogP contribution >= 0.6 is 0 Å². The van der Waals surface area contributed by atoms with Crippen LogP contribution in [0.2, 0.25) is 0 Å². The molecule has 1 atom stereocenters. The first-order chi connectivity index (χ1) is 6.09. The normalized spacial score (nSPS) is 12.5. The van der Waals surface area contributed by atoms with Crippen molar-refractivity contribution in [1.29, 1.82) is 0 Å². The highest BCUT2D eigenvalue weighted by molar-refractivity contribution is 5.70. The molecule has 0 radical (unpaired) electrons. The number of hydrogen-bond acceptors (Lipinski definition) is 4. The first-order valence-electron chi connectivity index (χ1n) is 4.16. The summed E-state index contributed by atoms with van der Waals surface area (Å²) in [6, 6.07) is 5.25. The van der Waals surface area contributed by atoms with E-state index in [1.165, 1.54) is 0 Å². The van der Waals surface area contributed by atoms with Crippen molar-refractivity contribution in [3.63, 3.8) is 0 Å². The van der Waals surface area contributed by atoms with Gasteiger partial charge in [0, 0.05) is 12.2 Å². The molecule has 4 nitrogen and oxygen atoms in total. The maximum atomic E-state index is 9.03. The van der Waals surface area contributed by atoms with Crippen LogP contribution in [0.25, 0.3) is 0 Å². The molecule has 0 bridgehead atoms. The number of hydrogen-bond donors (Lipinski definition) is 4. The minimum atomic E-state index is -0.392. The minimum absolute atomic E-state index is 0.392. The number of aliphatic hydroxyl groups excluding tert-OH is 1. The van der Waals surface area contributed by atoms with Crippen molar-refractivity contribution in [2.24, 2.45) is 0 Å². The van der Waals surface area contributed by atoms with Crippen LogP contribution in [-0.2, 0) is 0 Å². The van der Waals surface area contributed by atoms with Crippen molar-refractivity contribution in [2.45, 2.75) is 13.0 Å². The quantitative estimate of drug-likeness (QED) is 0.516. The van der Waals surface area contributed by atoms with Crippen molar-refractivity contribution < 1.29 is 5.11 Å². The van der Waals surface area contributed by atoms with Gasteiger partial charge in [-0.05, 0) is 25.1 Å². The molecule has 0 aromatic heterocycles. The molecule has 1 unspecified atom stereocenters. The van der Waals surface area contributed by atoms with E-state index in [0.717, 1.165) is 5.69 Å². The number of aliphatic hydroxyl groups is 1. The Morgan fingerprint density at radius 3 is 2.69 bits per heavy atom. The minimum Gasteiger partial charge on any atom is -0.399 e. The molecule has 0 saturated carbocycles. The topological polar surface area (TPSA) is 84.3 Å². The Bertz CT molecular complexity index is 286. The molecule has 0 heterocycles. The van der Waals surface area contributed by atoms with Crippen LogP contribution in [0.4, 0.5) is 17.1 Å². The molecule has 1 aromatic rings. The number of nitrogens with one attached hydrogen (secondary N) is 1. The first-order valence-corrected chi connectivity index (χ1v) is 4.16. The highest BCUT2D eigenvalue weighted by atomic mass is 16.3. The van der Waals surface area contributed by atoms with E-state index in [0.29, 0.717) is 17.9 Å². The summed E-state index contributed by atoms with van der Waals surface area (Å²) in [7, 11) is 0. The number of benzene rings is 1. The van der Waals surface area contributed by atoms with Gasteiger partial charge < -0.3 is 21.9 Å². The molecule has 0 amide bonds. The third kappa shape index (κ3) is 2.83. The van der Waals surface area contributed by atoms with Crippen LogP contribution in [0.1, 0.15) is 6.92 Å². The lowest BCUT2D eigenvalue weighted by atomic mass is 10.2. The lowest BCUT2D eigenvalue weighted by Crippen LogP contribution is -2.16. The Labute approximate surface area is 77.6 Å². The van der Waals surface area contributed by atoms with Crippen molar-refractivity contribution in [3.05, 3.63) is 18.2 Å². The van der Waals surface area contributed by atoms with Crippen LogP contribution in [0.15, 0.2) is 18.2 Å². The van der Waals surface area contributed by atoms with E-state index in [1.807, 2.05) is 0 Å². The molecule has 13 heavy (non-hydrogen) atoms. The second kappa shape index (κ2) is 4.00. The molecule has 4 heteroatoms. The Kier molecular flexibility index (Phi) is 2.97. The van der Waals surface area contributed by atoms with Gasteiger partial charge in [0.2, 0.25) is 0 Å². The average molecular weight is 181 g/mol. The predicted octanol–water partition coefficient (Wildman–Crippen LogP) is 0.644. The maximum Gasteiger partial charge on any atom is 0.0684 e. The van der Waals surface area contributed by atoms with Crippen LogP contribution < -0.4 is 16.8 Å². The third-order valence-electron chi connectivity index (χ3n) is 1.66. The fraction of sp³-hybridized carbons (Fsp3) is 0.333. The van der Waals surface area contributed by atoms with Crippen LogP contribution in [0.5, 0.6) is 0 Å². The summed E-state index contributed by atoms with van der Waals surface area (Å²) in [5.74, 6) is 0. The van der Waals surface area contributed by atoms with Gasteiger partial charge in [0.15, 0.2) is 0 Å². The second-order valence-electron chi connectivity index (χ2n) is 3.08. The Balaban J connectivity index is 2.67. The molecular formula is C9H15N3O. The zero-order valence-electron chi connectivity index (χ0n) is 7.62. The fourth-order valence-corrected chi connectivity index (χ4v) is 1.000. The predicted molar refractivity (Wildman–Crippen MR) is 55.4 cm³/mol. The zero-order chi connectivity index (χ0) is 9.84. The summed E-state index contributed by atoms with van der Waals surface area (Å²) < 4.78 is 0. The Hall–Kier alpha value is -1.42. The molecule has 0 aliphatic rings. The zero-order valence-corrected chi connectivity index (χ0v) is 7.62. The van der Waals surface area contributed by atoms with Gasteiger partial charge in [0.1, 0.15) is 0 Å². The van der Waals surface area contributed by atoms with E-state index in [4.69, 9.17) is 16.6 Å². The average Bonchev–Trinajstić information content (AvgIpc) is 2.02. The first kappa shape index (κ1) is 9.67. The molecule has 0 saturated heterocycles. The Morgan fingerprint density at radius 2 is 2.15 bits per heavy atom. The summed E-state index contributed by atoms with van der Waals surface area (Å²) >= 11 is 0. The summed E-state index contributed by atoms with van der Waals surface area (Å²) in [5, 5.41) is 12.0. The van der Waals surface area contributed by atoms with Gasteiger partial charge in [-0.1, -0.05) is 0 Å². The fourth-order valence-electron chi connectivity index (χ4n) is 1.000. The lowest BCUT2D eigenvalue weighted by Gasteiger charge is -2.10.